The summed E-state index contributed by atoms with van der Waals surface area (Å²) in [6, 6.07) is 5.76. The number of nitrogens with one attached hydrogen (secondary N) is 1. The summed E-state index contributed by atoms with van der Waals surface area (Å²) in [4.78, 5) is 18.0. The van der Waals surface area contributed by atoms with Crippen molar-refractivity contribution in [1.29, 1.82) is 0 Å². The summed E-state index contributed by atoms with van der Waals surface area (Å²) in [6.45, 7) is 6.21. The molecule has 0 radical (unpaired) electrons. The van der Waals surface area contributed by atoms with Crippen molar-refractivity contribution < 1.29 is 19.0 Å². The number of halogens is 1. The van der Waals surface area contributed by atoms with Gasteiger partial charge in [0.1, 0.15) is 11.5 Å². The van der Waals surface area contributed by atoms with Crippen molar-refractivity contribution in [2.24, 2.45) is 4.99 Å². The molecule has 0 saturated carbocycles. The maximum atomic E-state index is 11.4. The highest BCUT2D eigenvalue weighted by Gasteiger charge is 2.11. The molecule has 0 aromatic heterocycles. The van der Waals surface area contributed by atoms with Crippen LogP contribution in [0.25, 0.3) is 0 Å². The second-order valence-corrected chi connectivity index (χ2v) is 5.68. The third-order valence-electron chi connectivity index (χ3n) is 3.70. The Balaban J connectivity index is 0.00000676. The molecule has 0 bridgehead atoms. The lowest BCUT2D eigenvalue weighted by molar-refractivity contribution is -0.143. The summed E-state index contributed by atoms with van der Waals surface area (Å²) in [5.74, 6) is 2.14. The maximum absolute atomic E-state index is 11.4. The van der Waals surface area contributed by atoms with E-state index in [2.05, 4.69) is 10.3 Å². The molecule has 0 aliphatic heterocycles. The lowest BCUT2D eigenvalue weighted by atomic mass is 10.2. The quantitative estimate of drug-likeness (QED) is 0.178. The van der Waals surface area contributed by atoms with E-state index < -0.39 is 0 Å². The number of rotatable bonds is 10. The number of aliphatic imine (C=N–C) groups is 1. The Morgan fingerprint density at radius 2 is 1.96 bits per heavy atom. The molecule has 0 unspecified atom stereocenters. The second-order valence-electron chi connectivity index (χ2n) is 5.68. The van der Waals surface area contributed by atoms with Gasteiger partial charge in [-0.05, 0) is 32.4 Å². The molecule has 0 atom stereocenters. The Labute approximate surface area is 179 Å². The van der Waals surface area contributed by atoms with Crippen LogP contribution >= 0.6 is 24.0 Å². The summed E-state index contributed by atoms with van der Waals surface area (Å²) >= 11 is 0. The van der Waals surface area contributed by atoms with E-state index >= 15 is 0 Å². The van der Waals surface area contributed by atoms with Gasteiger partial charge >= 0.3 is 5.97 Å². The topological polar surface area (TPSA) is 72.4 Å². The summed E-state index contributed by atoms with van der Waals surface area (Å²) in [6.07, 6.45) is 1.04. The Morgan fingerprint density at radius 3 is 2.56 bits per heavy atom. The van der Waals surface area contributed by atoms with Gasteiger partial charge in [0.25, 0.3) is 0 Å². The number of methoxy groups -OCH3 is 2. The van der Waals surface area contributed by atoms with Gasteiger partial charge in [-0.3, -0.25) is 9.79 Å². The lowest BCUT2D eigenvalue weighted by Crippen LogP contribution is -2.38. The Morgan fingerprint density at radius 1 is 1.22 bits per heavy atom. The summed E-state index contributed by atoms with van der Waals surface area (Å²) in [7, 11) is 5.25. The van der Waals surface area contributed by atoms with Crippen LogP contribution in [0.2, 0.25) is 0 Å². The third kappa shape index (κ3) is 9.16. The van der Waals surface area contributed by atoms with Crippen LogP contribution in [0.3, 0.4) is 0 Å². The molecule has 1 N–H and O–H groups in total. The van der Waals surface area contributed by atoms with E-state index in [9.17, 15) is 4.79 Å². The van der Waals surface area contributed by atoms with Crippen LogP contribution in [-0.2, 0) is 16.1 Å². The molecule has 1 aromatic rings. The van der Waals surface area contributed by atoms with Crippen LogP contribution < -0.4 is 14.8 Å². The molecule has 0 fully saturated rings. The smallest absolute Gasteiger partial charge is 0.305 e. The van der Waals surface area contributed by atoms with Crippen molar-refractivity contribution in [2.45, 2.75) is 33.2 Å². The first-order valence-electron chi connectivity index (χ1n) is 8.91. The van der Waals surface area contributed by atoms with Crippen LogP contribution in [0.4, 0.5) is 0 Å². The molecule has 0 aliphatic rings. The zero-order valence-electron chi connectivity index (χ0n) is 16.9. The second kappa shape index (κ2) is 14.4. The van der Waals surface area contributed by atoms with Gasteiger partial charge < -0.3 is 24.4 Å². The normalized spacial score (nSPS) is 10.6. The standard InChI is InChI=1S/C19H31N3O4.HI/c1-6-20-19(21-12-8-9-18(23)26-7-2)22(3)14-15-10-11-16(24-4)13-17(15)25-5;/h10-11,13H,6-9,12,14H2,1-5H3,(H,20,21);1H. The molecule has 0 aliphatic carbocycles. The molecular formula is C19H32IN3O4. The number of ether oxygens (including phenoxy) is 3. The molecular weight excluding hydrogens is 461 g/mol. The highest BCUT2D eigenvalue weighted by atomic mass is 127. The van der Waals surface area contributed by atoms with Gasteiger partial charge in [-0.1, -0.05) is 0 Å². The van der Waals surface area contributed by atoms with E-state index in [-0.39, 0.29) is 29.9 Å². The zero-order valence-corrected chi connectivity index (χ0v) is 19.2. The molecule has 0 amide bonds. The van der Waals surface area contributed by atoms with E-state index in [1.165, 1.54) is 0 Å². The van der Waals surface area contributed by atoms with Gasteiger partial charge in [0, 0.05) is 44.7 Å². The predicted octanol–water partition coefficient (Wildman–Crippen LogP) is 3.06. The lowest BCUT2D eigenvalue weighted by Gasteiger charge is -2.23. The SMILES string of the molecule is CCNC(=NCCCC(=O)OCC)N(C)Cc1ccc(OC)cc1OC.I. The van der Waals surface area contributed by atoms with Gasteiger partial charge in [0.05, 0.1) is 20.8 Å². The van der Waals surface area contributed by atoms with Gasteiger partial charge in [-0.25, -0.2) is 0 Å². The van der Waals surface area contributed by atoms with E-state index in [0.717, 1.165) is 29.6 Å². The van der Waals surface area contributed by atoms with Crippen LogP contribution in [0.5, 0.6) is 11.5 Å². The van der Waals surface area contributed by atoms with Crippen LogP contribution in [0.15, 0.2) is 23.2 Å². The Bertz CT molecular complexity index is 596. The molecule has 8 heteroatoms. The third-order valence-corrected chi connectivity index (χ3v) is 3.70. The average molecular weight is 493 g/mol. The number of hydrogen-bond donors (Lipinski definition) is 1. The highest BCUT2D eigenvalue weighted by molar-refractivity contribution is 14.0. The van der Waals surface area contributed by atoms with Crippen molar-refractivity contribution in [2.75, 3.05) is 41.0 Å². The first kappa shape index (κ1) is 25.3. The number of nitrogens with zero attached hydrogens (tertiary/aromatic N) is 2. The minimum absolute atomic E-state index is 0. The summed E-state index contributed by atoms with van der Waals surface area (Å²) in [5, 5.41) is 3.27. The van der Waals surface area contributed by atoms with Gasteiger partial charge in [-0.2, -0.15) is 0 Å². The molecule has 0 saturated heterocycles. The monoisotopic (exact) mass is 493 g/mol. The molecule has 154 valence electrons. The first-order valence-corrected chi connectivity index (χ1v) is 8.91. The number of guanidine groups is 1. The maximum Gasteiger partial charge on any atom is 0.305 e. The van der Waals surface area contributed by atoms with Crippen molar-refractivity contribution in [3.8, 4) is 11.5 Å². The van der Waals surface area contributed by atoms with Gasteiger partial charge in [0.15, 0.2) is 5.96 Å². The zero-order chi connectivity index (χ0) is 19.4. The summed E-state index contributed by atoms with van der Waals surface area (Å²) < 4.78 is 15.6. The number of carbonyl (C=O) groups is 1. The van der Waals surface area contributed by atoms with Crippen molar-refractivity contribution >= 4 is 35.9 Å². The number of benzene rings is 1. The number of esters is 1. The predicted molar refractivity (Wildman–Crippen MR) is 118 cm³/mol. The minimum atomic E-state index is -0.177. The Hall–Kier alpha value is -1.71. The van der Waals surface area contributed by atoms with Crippen molar-refractivity contribution in [1.82, 2.24) is 10.2 Å². The fourth-order valence-electron chi connectivity index (χ4n) is 2.42. The molecule has 0 spiro atoms. The van der Waals surface area contributed by atoms with E-state index in [4.69, 9.17) is 14.2 Å². The fraction of sp³-hybridized carbons (Fsp3) is 0.579. The van der Waals surface area contributed by atoms with Crippen LogP contribution in [-0.4, -0.2) is 57.8 Å². The van der Waals surface area contributed by atoms with E-state index in [1.54, 1.807) is 14.2 Å². The average Bonchev–Trinajstić information content (AvgIpc) is 2.64. The molecule has 1 aromatic carbocycles. The number of hydrogen-bond acceptors (Lipinski definition) is 5. The first-order chi connectivity index (χ1) is 12.5. The van der Waals surface area contributed by atoms with Gasteiger partial charge in [-0.15, -0.1) is 24.0 Å². The Kier molecular flexibility index (Phi) is 13.5. The molecule has 1 rings (SSSR count). The van der Waals surface area contributed by atoms with Gasteiger partial charge in [0.2, 0.25) is 0 Å². The van der Waals surface area contributed by atoms with Crippen molar-refractivity contribution in [3.05, 3.63) is 23.8 Å². The van der Waals surface area contributed by atoms with Crippen LogP contribution in [0.1, 0.15) is 32.3 Å². The van der Waals surface area contributed by atoms with E-state index in [1.807, 2.05) is 44.0 Å². The molecule has 7 nitrogen and oxygen atoms in total. The largest absolute Gasteiger partial charge is 0.497 e. The van der Waals surface area contributed by atoms with E-state index in [0.29, 0.717) is 32.5 Å². The fourth-order valence-corrected chi connectivity index (χ4v) is 2.42. The van der Waals surface area contributed by atoms with Crippen LogP contribution in [0, 0.1) is 0 Å². The summed E-state index contributed by atoms with van der Waals surface area (Å²) in [5.41, 5.74) is 1.04. The number of carbonyl (C=O) groups excluding carboxylic acids is 1. The highest BCUT2D eigenvalue weighted by Crippen LogP contribution is 2.25. The molecule has 0 heterocycles. The van der Waals surface area contributed by atoms with Crippen molar-refractivity contribution in [3.63, 3.8) is 0 Å². The minimum Gasteiger partial charge on any atom is -0.497 e. The molecule has 27 heavy (non-hydrogen) atoms.